The van der Waals surface area contributed by atoms with Gasteiger partial charge in [-0.25, -0.2) is 0 Å². The maximum Gasteiger partial charge on any atom is 0.163 e. The molecule has 2 aromatic rings. The van der Waals surface area contributed by atoms with Crippen molar-refractivity contribution in [2.24, 2.45) is 5.73 Å². The first kappa shape index (κ1) is 13.0. The van der Waals surface area contributed by atoms with Crippen molar-refractivity contribution in [2.45, 2.75) is 12.8 Å². The van der Waals surface area contributed by atoms with Gasteiger partial charge >= 0.3 is 0 Å². The number of hydrogen-bond acceptors (Lipinski definition) is 2. The maximum absolute atomic E-state index is 11.9. The molecule has 0 heterocycles. The molecule has 0 atom stereocenters. The largest absolute Gasteiger partial charge is 0.384 e. The first-order valence-electron chi connectivity index (χ1n) is 6.18. The number of nitrogens with two attached hydrogens (primary N) is 1. The minimum absolute atomic E-state index is 0.0620. The minimum atomic E-state index is 0.0620. The molecule has 0 radical (unpaired) electrons. The Morgan fingerprint density at radius 3 is 2.16 bits per heavy atom. The zero-order chi connectivity index (χ0) is 13.7. The Bertz CT molecular complexity index is 573. The Morgan fingerprint density at radius 2 is 1.58 bits per heavy atom. The molecule has 0 amide bonds. The number of aryl methyl sites for hydroxylation is 1. The van der Waals surface area contributed by atoms with E-state index in [1.807, 2.05) is 54.6 Å². The maximum atomic E-state index is 11.9. The number of Topliss-reactive ketones (excluding diaryl/α,β-unsaturated/α-hetero) is 1. The monoisotopic (exact) mass is 252 g/mol. The molecule has 0 unspecified atom stereocenters. The normalized spacial score (nSPS) is 10.1. The van der Waals surface area contributed by atoms with E-state index in [1.54, 1.807) is 0 Å². The lowest BCUT2D eigenvalue weighted by molar-refractivity contribution is 0.0983. The Balaban J connectivity index is 1.95. The molecule has 0 aliphatic rings. The number of carbonyl (C=O) groups excluding carboxylic acids is 1. The second kappa shape index (κ2) is 5.96. The van der Waals surface area contributed by atoms with Gasteiger partial charge in [-0.15, -0.1) is 0 Å². The van der Waals surface area contributed by atoms with E-state index in [0.29, 0.717) is 18.4 Å². The van der Waals surface area contributed by atoms with Crippen molar-refractivity contribution in [2.75, 3.05) is 0 Å². The summed E-state index contributed by atoms with van der Waals surface area (Å²) in [5.74, 6) is 0.211. The molecule has 2 rings (SSSR count). The average Bonchev–Trinajstić information content (AvgIpc) is 2.46. The van der Waals surface area contributed by atoms with Gasteiger partial charge in [0.05, 0.1) is 0 Å². The number of carbonyl (C=O) groups is 1. The molecular formula is C16H16N2O. The molecule has 0 bridgehead atoms. The third-order valence-corrected chi connectivity index (χ3v) is 3.00. The molecule has 19 heavy (non-hydrogen) atoms. The second-order valence-corrected chi connectivity index (χ2v) is 4.40. The van der Waals surface area contributed by atoms with Crippen LogP contribution in [0.2, 0.25) is 0 Å². The van der Waals surface area contributed by atoms with E-state index < -0.39 is 0 Å². The SMILES string of the molecule is N=C(N)c1ccc(CCC(=O)c2ccccc2)cc1. The van der Waals surface area contributed by atoms with Crippen LogP contribution in [0.15, 0.2) is 54.6 Å². The van der Waals surface area contributed by atoms with Gasteiger partial charge in [0.2, 0.25) is 0 Å². The smallest absolute Gasteiger partial charge is 0.163 e. The van der Waals surface area contributed by atoms with Crippen LogP contribution < -0.4 is 5.73 Å². The number of nitrogen functional groups attached to an aromatic ring is 1. The zero-order valence-electron chi connectivity index (χ0n) is 10.6. The van der Waals surface area contributed by atoms with Crippen LogP contribution in [0.5, 0.6) is 0 Å². The van der Waals surface area contributed by atoms with Crippen LogP contribution in [0.4, 0.5) is 0 Å². The Kier molecular flexibility index (Phi) is 4.08. The molecule has 0 aliphatic heterocycles. The fourth-order valence-corrected chi connectivity index (χ4v) is 1.88. The molecule has 2 aromatic carbocycles. The van der Waals surface area contributed by atoms with Gasteiger partial charge in [0.25, 0.3) is 0 Å². The number of hydrogen-bond donors (Lipinski definition) is 2. The van der Waals surface area contributed by atoms with Crippen LogP contribution in [0.3, 0.4) is 0 Å². The molecule has 0 saturated carbocycles. The molecule has 96 valence electrons. The van der Waals surface area contributed by atoms with Crippen LogP contribution in [-0.2, 0) is 6.42 Å². The quantitative estimate of drug-likeness (QED) is 0.488. The number of rotatable bonds is 5. The van der Waals surface area contributed by atoms with Crippen molar-refractivity contribution in [1.82, 2.24) is 0 Å². The summed E-state index contributed by atoms with van der Waals surface area (Å²) in [5, 5.41) is 7.31. The van der Waals surface area contributed by atoms with E-state index >= 15 is 0 Å². The predicted octanol–water partition coefficient (Wildman–Crippen LogP) is 2.79. The van der Waals surface area contributed by atoms with Crippen molar-refractivity contribution < 1.29 is 4.79 Å². The van der Waals surface area contributed by atoms with Crippen LogP contribution in [0.25, 0.3) is 0 Å². The molecule has 3 N–H and O–H groups in total. The fraction of sp³-hybridized carbons (Fsp3) is 0.125. The second-order valence-electron chi connectivity index (χ2n) is 4.40. The van der Waals surface area contributed by atoms with Gasteiger partial charge in [0.1, 0.15) is 5.84 Å². The molecule has 0 saturated heterocycles. The lowest BCUT2D eigenvalue weighted by Gasteiger charge is -2.03. The molecule has 0 fully saturated rings. The predicted molar refractivity (Wildman–Crippen MR) is 76.6 cm³/mol. The molecule has 0 aromatic heterocycles. The summed E-state index contributed by atoms with van der Waals surface area (Å²) in [7, 11) is 0. The minimum Gasteiger partial charge on any atom is -0.384 e. The lowest BCUT2D eigenvalue weighted by atomic mass is 10.0. The number of amidine groups is 1. The van der Waals surface area contributed by atoms with Crippen LogP contribution >= 0.6 is 0 Å². The summed E-state index contributed by atoms with van der Waals surface area (Å²) in [6.07, 6.45) is 1.19. The topological polar surface area (TPSA) is 66.9 Å². The van der Waals surface area contributed by atoms with Gasteiger partial charge in [-0.1, -0.05) is 54.6 Å². The van der Waals surface area contributed by atoms with Crippen LogP contribution in [0, 0.1) is 5.41 Å². The fourth-order valence-electron chi connectivity index (χ4n) is 1.88. The molecule has 0 aliphatic carbocycles. The van der Waals surface area contributed by atoms with Gasteiger partial charge in [0, 0.05) is 17.5 Å². The van der Waals surface area contributed by atoms with E-state index in [0.717, 1.165) is 11.1 Å². The van der Waals surface area contributed by atoms with Gasteiger partial charge in [0.15, 0.2) is 5.78 Å². The number of benzene rings is 2. The van der Waals surface area contributed by atoms with Crippen molar-refractivity contribution in [3.63, 3.8) is 0 Å². The Labute approximate surface area is 112 Å². The van der Waals surface area contributed by atoms with Crippen LogP contribution in [0.1, 0.15) is 27.9 Å². The highest BCUT2D eigenvalue weighted by Crippen LogP contribution is 2.10. The highest BCUT2D eigenvalue weighted by molar-refractivity contribution is 5.96. The number of nitrogens with one attached hydrogen (secondary N) is 1. The average molecular weight is 252 g/mol. The first-order chi connectivity index (χ1) is 9.16. The standard InChI is InChI=1S/C16H16N2O/c17-16(18)14-9-6-12(7-10-14)8-11-15(19)13-4-2-1-3-5-13/h1-7,9-10H,8,11H2,(H3,17,18). The zero-order valence-corrected chi connectivity index (χ0v) is 10.6. The molecular weight excluding hydrogens is 236 g/mol. The van der Waals surface area contributed by atoms with Crippen molar-refractivity contribution in [3.8, 4) is 0 Å². The summed E-state index contributed by atoms with van der Waals surface area (Å²) < 4.78 is 0. The molecule has 0 spiro atoms. The first-order valence-corrected chi connectivity index (χ1v) is 6.18. The summed E-state index contributed by atoms with van der Waals surface area (Å²) in [4.78, 5) is 11.9. The Morgan fingerprint density at radius 1 is 0.947 bits per heavy atom. The van der Waals surface area contributed by atoms with E-state index in [-0.39, 0.29) is 11.6 Å². The molecule has 3 heteroatoms. The van der Waals surface area contributed by atoms with Crippen molar-refractivity contribution in [3.05, 3.63) is 71.3 Å². The summed E-state index contributed by atoms with van der Waals surface area (Å²) in [6.45, 7) is 0. The van der Waals surface area contributed by atoms with E-state index in [4.69, 9.17) is 11.1 Å². The van der Waals surface area contributed by atoms with Crippen molar-refractivity contribution in [1.29, 1.82) is 5.41 Å². The van der Waals surface area contributed by atoms with E-state index in [9.17, 15) is 4.79 Å². The number of ketones is 1. The lowest BCUT2D eigenvalue weighted by Crippen LogP contribution is -2.10. The van der Waals surface area contributed by atoms with Gasteiger partial charge in [-0.05, 0) is 12.0 Å². The summed E-state index contributed by atoms with van der Waals surface area (Å²) >= 11 is 0. The van der Waals surface area contributed by atoms with Crippen LogP contribution in [-0.4, -0.2) is 11.6 Å². The summed E-state index contributed by atoms with van der Waals surface area (Å²) in [5.41, 5.74) is 7.93. The van der Waals surface area contributed by atoms with Gasteiger partial charge in [-0.3, -0.25) is 10.2 Å². The molecule has 3 nitrogen and oxygen atoms in total. The third-order valence-electron chi connectivity index (χ3n) is 3.00. The highest BCUT2D eigenvalue weighted by atomic mass is 16.1. The van der Waals surface area contributed by atoms with Gasteiger partial charge < -0.3 is 5.73 Å². The third kappa shape index (κ3) is 3.52. The van der Waals surface area contributed by atoms with Crippen molar-refractivity contribution >= 4 is 11.6 Å². The van der Waals surface area contributed by atoms with Gasteiger partial charge in [-0.2, -0.15) is 0 Å². The summed E-state index contributed by atoms with van der Waals surface area (Å²) in [6, 6.07) is 16.8. The highest BCUT2D eigenvalue weighted by Gasteiger charge is 2.05. The van der Waals surface area contributed by atoms with E-state index in [2.05, 4.69) is 0 Å². The van der Waals surface area contributed by atoms with E-state index in [1.165, 1.54) is 0 Å². The Hall–Kier alpha value is -2.42.